The predicted molar refractivity (Wildman–Crippen MR) is 131 cm³/mol. The molecule has 0 amide bonds. The van der Waals surface area contributed by atoms with Crippen molar-refractivity contribution < 1.29 is 17.9 Å². The second kappa shape index (κ2) is 7.84. The molecule has 3 heterocycles. The summed E-state index contributed by atoms with van der Waals surface area (Å²) in [6.45, 7) is 8.06. The highest BCUT2D eigenvalue weighted by molar-refractivity contribution is 5.35. The normalized spacial score (nSPS) is 46.1. The van der Waals surface area contributed by atoms with Crippen molar-refractivity contribution in [2.45, 2.75) is 109 Å². The van der Waals surface area contributed by atoms with Crippen LogP contribution in [0.25, 0.3) is 0 Å². The minimum atomic E-state index is -4.39. The number of hydrogen-bond acceptors (Lipinski definition) is 3. The van der Waals surface area contributed by atoms with Crippen LogP contribution < -0.4 is 5.32 Å². The number of nitrogens with one attached hydrogen (secondary N) is 2. The van der Waals surface area contributed by atoms with E-state index in [-0.39, 0.29) is 11.0 Å². The molecule has 2 N–H and O–H groups in total. The van der Waals surface area contributed by atoms with Gasteiger partial charge in [-0.1, -0.05) is 25.0 Å². The lowest BCUT2D eigenvalue weighted by molar-refractivity contribution is -0.142. The van der Waals surface area contributed by atoms with Crippen molar-refractivity contribution in [1.29, 1.82) is 0 Å². The van der Waals surface area contributed by atoms with E-state index < -0.39 is 11.9 Å². The van der Waals surface area contributed by atoms with Gasteiger partial charge in [0.15, 0.2) is 5.69 Å². The average molecular weight is 504 g/mol. The highest BCUT2D eigenvalue weighted by Gasteiger charge is 2.58. The first-order chi connectivity index (χ1) is 17.1. The van der Waals surface area contributed by atoms with Crippen molar-refractivity contribution in [3.8, 4) is 0 Å². The van der Waals surface area contributed by atoms with E-state index in [2.05, 4.69) is 36.3 Å². The van der Waals surface area contributed by atoms with Crippen molar-refractivity contribution in [1.82, 2.24) is 15.5 Å². The van der Waals surface area contributed by atoms with E-state index >= 15 is 0 Å². The summed E-state index contributed by atoms with van der Waals surface area (Å²) in [7, 11) is 0. The Morgan fingerprint density at radius 3 is 2.75 bits per heavy atom. The van der Waals surface area contributed by atoms with Crippen LogP contribution >= 0.6 is 0 Å². The van der Waals surface area contributed by atoms with Gasteiger partial charge in [0.2, 0.25) is 0 Å². The van der Waals surface area contributed by atoms with Crippen LogP contribution in [0.2, 0.25) is 0 Å². The van der Waals surface area contributed by atoms with Crippen LogP contribution in [0.3, 0.4) is 0 Å². The molecule has 7 heteroatoms. The molecule has 0 bridgehead atoms. The summed E-state index contributed by atoms with van der Waals surface area (Å²) in [5.74, 6) is 2.76. The predicted octanol–water partition coefficient (Wildman–Crippen LogP) is 6.22. The van der Waals surface area contributed by atoms with Crippen LogP contribution in [-0.4, -0.2) is 34.5 Å². The van der Waals surface area contributed by atoms with E-state index in [9.17, 15) is 13.2 Å². The van der Waals surface area contributed by atoms with Gasteiger partial charge in [-0.05, 0) is 113 Å². The van der Waals surface area contributed by atoms with Gasteiger partial charge < -0.3 is 10.1 Å². The summed E-state index contributed by atoms with van der Waals surface area (Å²) in [5, 5.41) is 10.3. The molecule has 0 radical (unpaired) electrons. The number of halogens is 3. The maximum atomic E-state index is 13.7. The fourth-order valence-corrected chi connectivity index (χ4v) is 9.95. The Hall–Kier alpha value is -1.34. The standard InChI is InChI=1S/C29H40F3N3O/c1-15-8-25-24(33-14-15)13-28(36-25)7-6-18-19-5-4-17-9-23-21(26(35-34-23)29(30,31)32)12-27(17,3)22(19)10-20(18)16(2)11-28/h15,17-19,22,24-25,33H,4-14H2,1-3H3,(H,34,35). The molecule has 1 aromatic heterocycles. The Bertz CT molecular complexity index is 1090. The number of aromatic nitrogens is 2. The molecule has 7 rings (SSSR count). The smallest absolute Gasteiger partial charge is 0.370 e. The minimum Gasteiger partial charge on any atom is -0.370 e. The summed E-state index contributed by atoms with van der Waals surface area (Å²) < 4.78 is 48.1. The van der Waals surface area contributed by atoms with Gasteiger partial charge in [0, 0.05) is 17.3 Å². The first-order valence-electron chi connectivity index (χ1n) is 14.3. The molecular formula is C29H40F3N3O. The monoisotopic (exact) mass is 503 g/mol. The number of H-pyrrole nitrogens is 1. The first kappa shape index (κ1) is 23.8. The Balaban J connectivity index is 1.17. The van der Waals surface area contributed by atoms with E-state index in [0.29, 0.717) is 60.1 Å². The summed E-state index contributed by atoms with van der Waals surface area (Å²) >= 11 is 0. The molecular weight excluding hydrogens is 463 g/mol. The molecule has 4 nitrogen and oxygen atoms in total. The second-order valence-corrected chi connectivity index (χ2v) is 13.7. The molecule has 36 heavy (non-hydrogen) atoms. The Morgan fingerprint density at radius 1 is 1.11 bits per heavy atom. The molecule has 9 unspecified atom stereocenters. The van der Waals surface area contributed by atoms with Crippen LogP contribution in [0.1, 0.15) is 89.1 Å². The largest absolute Gasteiger partial charge is 0.435 e. The fraction of sp³-hybridized carbons (Fsp3) is 0.828. The molecule has 9 atom stereocenters. The van der Waals surface area contributed by atoms with Crippen LogP contribution in [-0.2, 0) is 23.8 Å². The van der Waals surface area contributed by atoms with Gasteiger partial charge in [-0.25, -0.2) is 0 Å². The molecule has 2 aliphatic heterocycles. The van der Waals surface area contributed by atoms with Crippen molar-refractivity contribution in [3.63, 3.8) is 0 Å². The second-order valence-electron chi connectivity index (χ2n) is 13.7. The van der Waals surface area contributed by atoms with Gasteiger partial charge in [-0.3, -0.25) is 5.10 Å². The lowest BCUT2D eigenvalue weighted by atomic mass is 9.52. The zero-order valence-corrected chi connectivity index (χ0v) is 21.8. The molecule has 6 aliphatic rings. The number of allylic oxidation sites excluding steroid dienone is 1. The molecule has 4 fully saturated rings. The van der Waals surface area contributed by atoms with Crippen molar-refractivity contribution >= 4 is 0 Å². The number of aromatic amines is 1. The SMILES string of the molecule is CC1=C2CC3C(CCC4Cc5[nH]nc(C(F)(F)F)c5CC43C)C2CCC2(C1)CC1NCC(C)CC1O2. The summed E-state index contributed by atoms with van der Waals surface area (Å²) in [6.07, 6.45) is 6.20. The number of alkyl halides is 3. The van der Waals surface area contributed by atoms with E-state index in [0.717, 1.165) is 44.3 Å². The molecule has 2 saturated carbocycles. The average Bonchev–Trinajstić information content (AvgIpc) is 3.46. The Labute approximate surface area is 212 Å². The molecule has 1 aromatic rings. The quantitative estimate of drug-likeness (QED) is 0.413. The van der Waals surface area contributed by atoms with Gasteiger partial charge in [-0.15, -0.1) is 0 Å². The van der Waals surface area contributed by atoms with E-state index in [4.69, 9.17) is 4.74 Å². The number of rotatable bonds is 0. The maximum Gasteiger partial charge on any atom is 0.435 e. The highest BCUT2D eigenvalue weighted by Crippen LogP contribution is 2.64. The number of ether oxygens (including phenoxy) is 1. The van der Waals surface area contributed by atoms with Gasteiger partial charge >= 0.3 is 6.18 Å². The van der Waals surface area contributed by atoms with Crippen molar-refractivity contribution in [2.24, 2.45) is 35.0 Å². The van der Waals surface area contributed by atoms with E-state index in [1.165, 1.54) is 24.8 Å². The van der Waals surface area contributed by atoms with E-state index in [1.807, 2.05) is 0 Å². The zero-order chi connectivity index (χ0) is 25.0. The maximum absolute atomic E-state index is 13.7. The van der Waals surface area contributed by atoms with Crippen LogP contribution in [0, 0.1) is 35.0 Å². The summed E-state index contributed by atoms with van der Waals surface area (Å²) in [4.78, 5) is 0. The zero-order valence-electron chi connectivity index (χ0n) is 21.8. The fourth-order valence-electron chi connectivity index (χ4n) is 9.95. The van der Waals surface area contributed by atoms with Crippen LogP contribution in [0.5, 0.6) is 0 Å². The Morgan fingerprint density at radius 2 is 1.94 bits per heavy atom. The first-order valence-corrected chi connectivity index (χ1v) is 14.3. The molecule has 2 saturated heterocycles. The molecule has 1 spiro atoms. The van der Waals surface area contributed by atoms with Gasteiger partial charge in [0.1, 0.15) is 0 Å². The third kappa shape index (κ3) is 3.43. The minimum absolute atomic E-state index is 0.0252. The van der Waals surface area contributed by atoms with Gasteiger partial charge in [-0.2, -0.15) is 18.3 Å². The van der Waals surface area contributed by atoms with Crippen molar-refractivity contribution in [3.05, 3.63) is 28.1 Å². The number of nitrogens with zero attached hydrogens (tertiary/aromatic N) is 1. The van der Waals surface area contributed by atoms with Crippen LogP contribution in [0.15, 0.2) is 11.1 Å². The number of piperidine rings is 1. The number of hydrogen-bond donors (Lipinski definition) is 2. The molecule has 0 aromatic carbocycles. The third-order valence-electron chi connectivity index (χ3n) is 11.6. The summed E-state index contributed by atoms with van der Waals surface area (Å²) in [5.41, 5.74) is 3.55. The van der Waals surface area contributed by atoms with Gasteiger partial charge in [0.05, 0.1) is 11.7 Å². The van der Waals surface area contributed by atoms with E-state index in [1.54, 1.807) is 5.57 Å². The summed E-state index contributed by atoms with van der Waals surface area (Å²) in [6, 6.07) is 0.494. The lowest BCUT2D eigenvalue weighted by Gasteiger charge is -2.52. The number of fused-ring (bicyclic) bond motifs is 7. The van der Waals surface area contributed by atoms with Gasteiger partial charge in [0.25, 0.3) is 0 Å². The third-order valence-corrected chi connectivity index (χ3v) is 11.6. The topological polar surface area (TPSA) is 49.9 Å². The van der Waals surface area contributed by atoms with Crippen molar-refractivity contribution in [2.75, 3.05) is 6.54 Å². The van der Waals surface area contributed by atoms with Crippen LogP contribution in [0.4, 0.5) is 13.2 Å². The Kier molecular flexibility index (Phi) is 5.17. The molecule has 4 aliphatic carbocycles. The highest BCUT2D eigenvalue weighted by atomic mass is 19.4. The molecule has 198 valence electrons. The lowest BCUT2D eigenvalue weighted by Crippen LogP contribution is -2.47.